The molecule has 1 aliphatic heterocycles. The average Bonchev–Trinajstić information content (AvgIpc) is 2.90. The van der Waals surface area contributed by atoms with Crippen molar-refractivity contribution >= 4 is 11.9 Å². The molecule has 0 aromatic rings. The molecule has 3 rings (SSSR count). The molecule has 3 atom stereocenters. The summed E-state index contributed by atoms with van der Waals surface area (Å²) in [6.45, 7) is 6.70. The zero-order valence-corrected chi connectivity index (χ0v) is 10.8. The first-order chi connectivity index (χ1) is 7.82. The van der Waals surface area contributed by atoms with Crippen LogP contribution in [0, 0.1) is 22.2 Å². The summed E-state index contributed by atoms with van der Waals surface area (Å²) in [5.41, 5.74) is 0.123. The van der Waals surface area contributed by atoms with Gasteiger partial charge in [0.25, 0.3) is 0 Å². The predicted molar refractivity (Wildman–Crippen MR) is 62.0 cm³/mol. The van der Waals surface area contributed by atoms with Gasteiger partial charge < -0.3 is 4.74 Å². The number of esters is 2. The van der Waals surface area contributed by atoms with Gasteiger partial charge in [0, 0.05) is 0 Å². The molecule has 1 spiro atoms. The maximum Gasteiger partial charge on any atom is 0.317 e. The molecule has 94 valence electrons. The van der Waals surface area contributed by atoms with E-state index in [2.05, 4.69) is 20.8 Å². The van der Waals surface area contributed by atoms with Crippen molar-refractivity contribution in [1.82, 2.24) is 0 Å². The Balaban J connectivity index is 2.10. The number of carbonyl (C=O) groups is 2. The van der Waals surface area contributed by atoms with Crippen LogP contribution in [0.3, 0.4) is 0 Å². The van der Waals surface area contributed by atoms with Crippen molar-refractivity contribution in [2.24, 2.45) is 22.2 Å². The van der Waals surface area contributed by atoms with Crippen LogP contribution in [0.2, 0.25) is 0 Å². The Kier molecular flexibility index (Phi) is 1.94. The lowest BCUT2D eigenvalue weighted by atomic mass is 9.52. The summed E-state index contributed by atoms with van der Waals surface area (Å²) in [4.78, 5) is 23.6. The van der Waals surface area contributed by atoms with Crippen LogP contribution in [0.25, 0.3) is 0 Å². The standard InChI is InChI=1S/C14H20O3/c1-12(2)5-4-6-13(3)8-10(15)17-11(16)9-7-14(9,12)13/h9H,4-8H2,1-3H3/t9-,13-,14+/m0/s1. The Labute approximate surface area is 102 Å². The highest BCUT2D eigenvalue weighted by Gasteiger charge is 2.76. The van der Waals surface area contributed by atoms with Gasteiger partial charge in [0.2, 0.25) is 0 Å². The van der Waals surface area contributed by atoms with Crippen molar-refractivity contribution < 1.29 is 14.3 Å². The monoisotopic (exact) mass is 236 g/mol. The molecule has 2 saturated carbocycles. The second-order valence-corrected chi connectivity index (χ2v) is 7.00. The number of ether oxygens (including phenoxy) is 1. The summed E-state index contributed by atoms with van der Waals surface area (Å²) in [5, 5.41) is 0. The SMILES string of the molecule is CC1(C)CCC[C@@]2(C)CC(=O)OC(=O)[C@@H]3C[C@@]312. The highest BCUT2D eigenvalue weighted by Crippen LogP contribution is 2.78. The molecular weight excluding hydrogens is 216 g/mol. The van der Waals surface area contributed by atoms with Crippen LogP contribution in [-0.4, -0.2) is 11.9 Å². The highest BCUT2D eigenvalue weighted by molar-refractivity contribution is 5.91. The smallest absolute Gasteiger partial charge is 0.317 e. The fourth-order valence-corrected chi connectivity index (χ4v) is 4.93. The normalized spacial score (nSPS) is 47.6. The molecule has 0 aromatic heterocycles. The number of carbonyl (C=O) groups excluding carboxylic acids is 2. The van der Waals surface area contributed by atoms with E-state index in [4.69, 9.17) is 4.74 Å². The molecule has 0 aromatic carbocycles. The van der Waals surface area contributed by atoms with Crippen LogP contribution < -0.4 is 0 Å². The van der Waals surface area contributed by atoms with E-state index in [1.54, 1.807) is 0 Å². The first kappa shape index (κ1) is 11.2. The topological polar surface area (TPSA) is 43.4 Å². The molecule has 0 amide bonds. The van der Waals surface area contributed by atoms with E-state index in [9.17, 15) is 9.59 Å². The molecule has 0 unspecified atom stereocenters. The summed E-state index contributed by atoms with van der Waals surface area (Å²) in [5.74, 6) is -0.621. The maximum atomic E-state index is 11.9. The Morgan fingerprint density at radius 1 is 1.18 bits per heavy atom. The fourth-order valence-electron chi connectivity index (χ4n) is 4.93. The lowest BCUT2D eigenvalue weighted by molar-refractivity contribution is -0.160. The van der Waals surface area contributed by atoms with Gasteiger partial charge in [0.15, 0.2) is 0 Å². The van der Waals surface area contributed by atoms with Crippen LogP contribution in [-0.2, 0) is 14.3 Å². The van der Waals surface area contributed by atoms with E-state index in [0.29, 0.717) is 6.42 Å². The molecule has 2 aliphatic carbocycles. The summed E-state index contributed by atoms with van der Waals surface area (Å²) in [6.07, 6.45) is 4.69. The lowest BCUT2D eigenvalue weighted by Gasteiger charge is -2.51. The molecule has 0 radical (unpaired) electrons. The molecule has 0 N–H and O–H groups in total. The van der Waals surface area contributed by atoms with Gasteiger partial charge in [-0.3, -0.25) is 9.59 Å². The third kappa shape index (κ3) is 1.18. The zero-order valence-electron chi connectivity index (χ0n) is 10.8. The predicted octanol–water partition coefficient (Wildman–Crippen LogP) is 2.68. The summed E-state index contributed by atoms with van der Waals surface area (Å²) < 4.78 is 4.93. The van der Waals surface area contributed by atoms with E-state index in [1.807, 2.05) is 0 Å². The highest BCUT2D eigenvalue weighted by atomic mass is 16.6. The summed E-state index contributed by atoms with van der Waals surface area (Å²) >= 11 is 0. The minimum atomic E-state index is -0.318. The maximum absolute atomic E-state index is 11.9. The van der Waals surface area contributed by atoms with E-state index < -0.39 is 0 Å². The Morgan fingerprint density at radius 3 is 2.59 bits per heavy atom. The van der Waals surface area contributed by atoms with Gasteiger partial charge in [-0.15, -0.1) is 0 Å². The molecule has 3 fully saturated rings. The summed E-state index contributed by atoms with van der Waals surface area (Å²) in [6, 6.07) is 0. The van der Waals surface area contributed by atoms with Gasteiger partial charge in [0.05, 0.1) is 12.3 Å². The number of cyclic esters (lactones) is 2. The Morgan fingerprint density at radius 2 is 1.88 bits per heavy atom. The zero-order chi connectivity index (χ0) is 12.5. The second kappa shape index (κ2) is 2.93. The molecule has 3 aliphatic rings. The Bertz CT molecular complexity index is 412. The van der Waals surface area contributed by atoms with E-state index in [-0.39, 0.29) is 34.1 Å². The van der Waals surface area contributed by atoms with Crippen molar-refractivity contribution in [2.45, 2.75) is 52.9 Å². The van der Waals surface area contributed by atoms with E-state index in [1.165, 1.54) is 0 Å². The van der Waals surface area contributed by atoms with Gasteiger partial charge in [-0.25, -0.2) is 0 Å². The van der Waals surface area contributed by atoms with Crippen molar-refractivity contribution in [3.8, 4) is 0 Å². The summed E-state index contributed by atoms with van der Waals surface area (Å²) in [7, 11) is 0. The molecule has 17 heavy (non-hydrogen) atoms. The number of hydrogen-bond donors (Lipinski definition) is 0. The van der Waals surface area contributed by atoms with Gasteiger partial charge in [0.1, 0.15) is 0 Å². The molecular formula is C14H20O3. The van der Waals surface area contributed by atoms with Crippen molar-refractivity contribution in [2.75, 3.05) is 0 Å². The van der Waals surface area contributed by atoms with E-state index >= 15 is 0 Å². The minimum Gasteiger partial charge on any atom is -0.393 e. The van der Waals surface area contributed by atoms with Crippen molar-refractivity contribution in [1.29, 1.82) is 0 Å². The largest absolute Gasteiger partial charge is 0.393 e. The van der Waals surface area contributed by atoms with Crippen LogP contribution in [0.5, 0.6) is 0 Å². The van der Waals surface area contributed by atoms with Crippen molar-refractivity contribution in [3.05, 3.63) is 0 Å². The average molecular weight is 236 g/mol. The van der Waals surface area contributed by atoms with Crippen LogP contribution in [0.1, 0.15) is 52.9 Å². The third-order valence-corrected chi connectivity index (χ3v) is 5.81. The van der Waals surface area contributed by atoms with Gasteiger partial charge in [-0.1, -0.05) is 27.2 Å². The van der Waals surface area contributed by atoms with Crippen molar-refractivity contribution in [3.63, 3.8) is 0 Å². The molecule has 3 heteroatoms. The molecule has 1 heterocycles. The van der Waals surface area contributed by atoms with Gasteiger partial charge in [-0.05, 0) is 35.5 Å². The van der Waals surface area contributed by atoms with Gasteiger partial charge >= 0.3 is 11.9 Å². The van der Waals surface area contributed by atoms with E-state index in [0.717, 1.165) is 25.7 Å². The molecule has 3 nitrogen and oxygen atoms in total. The second-order valence-electron chi connectivity index (χ2n) is 7.00. The lowest BCUT2D eigenvalue weighted by Crippen LogP contribution is -2.46. The fraction of sp³-hybridized carbons (Fsp3) is 0.857. The Hall–Kier alpha value is -0.860. The van der Waals surface area contributed by atoms with Gasteiger partial charge in [-0.2, -0.15) is 0 Å². The third-order valence-electron chi connectivity index (χ3n) is 5.81. The first-order valence-corrected chi connectivity index (χ1v) is 6.57. The molecule has 1 saturated heterocycles. The van der Waals surface area contributed by atoms with Crippen LogP contribution in [0.15, 0.2) is 0 Å². The first-order valence-electron chi connectivity index (χ1n) is 6.57. The quantitative estimate of drug-likeness (QED) is 0.480. The minimum absolute atomic E-state index is 0.0154. The van der Waals surface area contributed by atoms with Crippen LogP contribution in [0.4, 0.5) is 0 Å². The number of rotatable bonds is 0. The molecule has 0 bridgehead atoms. The van der Waals surface area contributed by atoms with Crippen LogP contribution >= 0.6 is 0 Å². The number of hydrogen-bond acceptors (Lipinski definition) is 3.